The summed E-state index contributed by atoms with van der Waals surface area (Å²) in [4.78, 5) is 1.40. The molecule has 2 heteroatoms. The maximum absolute atomic E-state index is 3.62. The molecule has 17 heavy (non-hydrogen) atoms. The van der Waals surface area contributed by atoms with Crippen LogP contribution < -0.4 is 5.32 Å². The van der Waals surface area contributed by atoms with Gasteiger partial charge in [-0.25, -0.2) is 0 Å². The van der Waals surface area contributed by atoms with Crippen LogP contribution in [-0.2, 0) is 0 Å². The zero-order valence-electron chi connectivity index (χ0n) is 11.1. The molecule has 1 aromatic carbocycles. The molecule has 0 radical (unpaired) electrons. The van der Waals surface area contributed by atoms with Crippen molar-refractivity contribution in [1.82, 2.24) is 5.32 Å². The highest BCUT2D eigenvalue weighted by molar-refractivity contribution is 7.99. The first-order valence-electron chi connectivity index (χ1n) is 6.60. The van der Waals surface area contributed by atoms with Crippen LogP contribution in [0.2, 0.25) is 0 Å². The molecule has 1 aliphatic rings. The molecule has 0 bridgehead atoms. The van der Waals surface area contributed by atoms with Gasteiger partial charge in [-0.3, -0.25) is 0 Å². The molecule has 0 amide bonds. The van der Waals surface area contributed by atoms with E-state index in [1.807, 2.05) is 11.8 Å². The minimum atomic E-state index is 0.718. The van der Waals surface area contributed by atoms with E-state index >= 15 is 0 Å². The average Bonchev–Trinajstić information content (AvgIpc) is 3.13. The zero-order chi connectivity index (χ0) is 12.3. The van der Waals surface area contributed by atoms with E-state index in [-0.39, 0.29) is 0 Å². The van der Waals surface area contributed by atoms with Crippen molar-refractivity contribution in [3.63, 3.8) is 0 Å². The van der Waals surface area contributed by atoms with Crippen molar-refractivity contribution >= 4 is 11.8 Å². The maximum Gasteiger partial charge on any atom is 0.0106 e. The number of nitrogens with one attached hydrogen (secondary N) is 1. The van der Waals surface area contributed by atoms with Gasteiger partial charge >= 0.3 is 0 Å². The van der Waals surface area contributed by atoms with Gasteiger partial charge < -0.3 is 5.32 Å². The Morgan fingerprint density at radius 2 is 2.06 bits per heavy atom. The lowest BCUT2D eigenvalue weighted by molar-refractivity contribution is 0.514. The Kier molecular flexibility index (Phi) is 4.52. The van der Waals surface area contributed by atoms with Crippen LogP contribution in [-0.4, -0.2) is 18.3 Å². The molecule has 1 aliphatic carbocycles. The lowest BCUT2D eigenvalue weighted by Gasteiger charge is -2.12. The lowest BCUT2D eigenvalue weighted by Crippen LogP contribution is -2.29. The summed E-state index contributed by atoms with van der Waals surface area (Å²) in [6, 6.07) is 7.47. The minimum Gasteiger partial charge on any atom is -0.313 e. The third kappa shape index (κ3) is 4.04. The van der Waals surface area contributed by atoms with E-state index in [2.05, 4.69) is 44.3 Å². The molecule has 0 spiro atoms. The fourth-order valence-electron chi connectivity index (χ4n) is 2.02. The summed E-state index contributed by atoms with van der Waals surface area (Å²) in [6.07, 6.45) is 2.86. The second kappa shape index (κ2) is 5.92. The van der Waals surface area contributed by atoms with Crippen molar-refractivity contribution in [2.75, 3.05) is 12.3 Å². The van der Waals surface area contributed by atoms with Crippen LogP contribution in [0.25, 0.3) is 0 Å². The first-order chi connectivity index (χ1) is 8.16. The largest absolute Gasteiger partial charge is 0.313 e. The van der Waals surface area contributed by atoms with Gasteiger partial charge in [-0.15, -0.1) is 11.8 Å². The van der Waals surface area contributed by atoms with Gasteiger partial charge in [0.1, 0.15) is 0 Å². The standard InChI is InChI=1S/C15H23NS/c1-11-4-7-15(10-12(11)2)17-9-8-16-13(3)14-5-6-14/h4,7,10,13-14,16H,5-6,8-9H2,1-3H3. The van der Waals surface area contributed by atoms with E-state index in [0.29, 0.717) is 0 Å². The molecule has 1 fully saturated rings. The highest BCUT2D eigenvalue weighted by Gasteiger charge is 2.27. The number of aryl methyl sites for hydroxylation is 2. The maximum atomic E-state index is 3.62. The molecule has 1 saturated carbocycles. The van der Waals surface area contributed by atoms with Crippen molar-refractivity contribution in [3.05, 3.63) is 29.3 Å². The van der Waals surface area contributed by atoms with Gasteiger partial charge in [0, 0.05) is 23.2 Å². The monoisotopic (exact) mass is 249 g/mol. The Balaban J connectivity index is 1.68. The molecule has 0 aromatic heterocycles. The molecule has 0 saturated heterocycles. The quantitative estimate of drug-likeness (QED) is 0.608. The smallest absolute Gasteiger partial charge is 0.0106 e. The second-order valence-corrected chi connectivity index (χ2v) is 6.34. The van der Waals surface area contributed by atoms with Gasteiger partial charge in [-0.2, -0.15) is 0 Å². The summed E-state index contributed by atoms with van der Waals surface area (Å²) in [6.45, 7) is 7.79. The minimum absolute atomic E-state index is 0.718. The normalized spacial score (nSPS) is 17.1. The van der Waals surface area contributed by atoms with Crippen molar-refractivity contribution < 1.29 is 0 Å². The summed E-state index contributed by atoms with van der Waals surface area (Å²) in [5.41, 5.74) is 2.78. The van der Waals surface area contributed by atoms with Crippen LogP contribution >= 0.6 is 11.8 Å². The predicted octanol–water partition coefficient (Wildman–Crippen LogP) is 3.78. The summed E-state index contributed by atoms with van der Waals surface area (Å²) >= 11 is 1.95. The third-order valence-corrected chi connectivity index (χ3v) is 4.64. The van der Waals surface area contributed by atoms with Gasteiger partial charge in [0.2, 0.25) is 0 Å². The Morgan fingerprint density at radius 1 is 1.29 bits per heavy atom. The molecule has 1 atom stereocenters. The highest BCUT2D eigenvalue weighted by atomic mass is 32.2. The topological polar surface area (TPSA) is 12.0 Å². The van der Waals surface area contributed by atoms with E-state index in [1.54, 1.807) is 0 Å². The number of rotatable bonds is 6. The van der Waals surface area contributed by atoms with Crippen LogP contribution in [0.5, 0.6) is 0 Å². The molecule has 0 heterocycles. The predicted molar refractivity (Wildman–Crippen MR) is 76.8 cm³/mol. The molecule has 1 N–H and O–H groups in total. The molecule has 1 unspecified atom stereocenters. The summed E-state index contributed by atoms with van der Waals surface area (Å²) in [5.74, 6) is 2.13. The van der Waals surface area contributed by atoms with Crippen LogP contribution in [0.1, 0.15) is 30.9 Å². The van der Waals surface area contributed by atoms with Gasteiger partial charge in [0.05, 0.1) is 0 Å². The fraction of sp³-hybridized carbons (Fsp3) is 0.600. The van der Waals surface area contributed by atoms with E-state index in [0.717, 1.165) is 18.5 Å². The van der Waals surface area contributed by atoms with Crippen molar-refractivity contribution in [1.29, 1.82) is 0 Å². The fourth-order valence-corrected chi connectivity index (χ4v) is 2.90. The Hall–Kier alpha value is -0.470. The zero-order valence-corrected chi connectivity index (χ0v) is 11.9. The van der Waals surface area contributed by atoms with Gasteiger partial charge in [-0.05, 0) is 62.8 Å². The first kappa shape index (κ1) is 13.0. The number of thioether (sulfide) groups is 1. The van der Waals surface area contributed by atoms with Crippen molar-refractivity contribution in [2.45, 2.75) is 44.6 Å². The number of hydrogen-bond acceptors (Lipinski definition) is 2. The summed E-state index contributed by atoms with van der Waals surface area (Å²) < 4.78 is 0. The molecule has 1 nitrogen and oxygen atoms in total. The van der Waals surface area contributed by atoms with Gasteiger partial charge in [0.15, 0.2) is 0 Å². The van der Waals surface area contributed by atoms with E-state index < -0.39 is 0 Å². The Morgan fingerprint density at radius 3 is 2.71 bits per heavy atom. The van der Waals surface area contributed by atoms with Crippen LogP contribution in [0.4, 0.5) is 0 Å². The summed E-state index contributed by atoms with van der Waals surface area (Å²) in [7, 11) is 0. The molecule has 2 rings (SSSR count). The molecule has 1 aromatic rings. The van der Waals surface area contributed by atoms with Gasteiger partial charge in [0.25, 0.3) is 0 Å². The van der Waals surface area contributed by atoms with E-state index in [9.17, 15) is 0 Å². The average molecular weight is 249 g/mol. The van der Waals surface area contributed by atoms with Gasteiger partial charge in [-0.1, -0.05) is 6.07 Å². The Bertz CT molecular complexity index is 371. The van der Waals surface area contributed by atoms with E-state index in [4.69, 9.17) is 0 Å². The van der Waals surface area contributed by atoms with E-state index in [1.165, 1.54) is 34.6 Å². The van der Waals surface area contributed by atoms with Crippen LogP contribution in [0.3, 0.4) is 0 Å². The molecule has 94 valence electrons. The SMILES string of the molecule is Cc1ccc(SCCNC(C)C2CC2)cc1C. The van der Waals surface area contributed by atoms with Crippen LogP contribution in [0.15, 0.2) is 23.1 Å². The first-order valence-corrected chi connectivity index (χ1v) is 7.59. The Labute approximate surface area is 109 Å². The summed E-state index contributed by atoms with van der Waals surface area (Å²) in [5, 5.41) is 3.62. The molecular formula is C15H23NS. The second-order valence-electron chi connectivity index (χ2n) is 5.17. The van der Waals surface area contributed by atoms with Crippen LogP contribution in [0, 0.1) is 19.8 Å². The molecule has 0 aliphatic heterocycles. The highest BCUT2D eigenvalue weighted by Crippen LogP contribution is 2.32. The van der Waals surface area contributed by atoms with Crippen molar-refractivity contribution in [2.24, 2.45) is 5.92 Å². The lowest BCUT2D eigenvalue weighted by atomic mass is 10.1. The number of hydrogen-bond donors (Lipinski definition) is 1. The number of benzene rings is 1. The molecular weight excluding hydrogens is 226 g/mol. The van der Waals surface area contributed by atoms with Crippen molar-refractivity contribution in [3.8, 4) is 0 Å². The third-order valence-electron chi connectivity index (χ3n) is 3.64.